The maximum Gasteiger partial charge on any atom is 0.264 e. The van der Waals surface area contributed by atoms with E-state index in [2.05, 4.69) is 21.2 Å². The maximum atomic E-state index is 14.9. The Hall–Kier alpha value is -4.13. The lowest BCUT2D eigenvalue weighted by Crippen LogP contribution is -2.48. The number of nitrogens with one attached hydrogen (secondary N) is 1. The fraction of sp³-hybridized carbons (Fsp3) is 0.325. The van der Waals surface area contributed by atoms with Gasteiger partial charge in [-0.25, -0.2) is 0 Å². The Balaban J connectivity index is 1.19. The SMILES string of the molecule is C[C@@H]1[C@@H]([Si](C)(C)O)[C@H](CC(=O)N2Cc3ccccc3C[C@H]2CO)O[C@@]12C(=O)N(Cc1cccc(NC(=O)c3ccccc3)c1)c1ccc(Br)cc12. The largest absolute Gasteiger partial charge is 0.432 e. The molecule has 1 spiro atoms. The van der Waals surface area contributed by atoms with Crippen molar-refractivity contribution in [2.45, 2.75) is 69.2 Å². The smallest absolute Gasteiger partial charge is 0.264 e. The summed E-state index contributed by atoms with van der Waals surface area (Å²) in [5.74, 6) is -1.10. The van der Waals surface area contributed by atoms with Crippen molar-refractivity contribution in [2.75, 3.05) is 16.8 Å². The maximum absolute atomic E-state index is 14.9. The van der Waals surface area contributed by atoms with Gasteiger partial charge in [0, 0.05) is 39.3 Å². The fourth-order valence-electron chi connectivity index (χ4n) is 8.46. The summed E-state index contributed by atoms with van der Waals surface area (Å²) in [6.45, 7) is 6.08. The molecule has 0 aliphatic carbocycles. The minimum absolute atomic E-state index is 0.0216. The fourth-order valence-corrected chi connectivity index (χ4v) is 11.4. The zero-order valence-corrected chi connectivity index (χ0v) is 31.5. The number of rotatable bonds is 8. The van der Waals surface area contributed by atoms with E-state index in [1.54, 1.807) is 21.9 Å². The monoisotopic (exact) mass is 767 g/mol. The Morgan fingerprint density at radius 2 is 1.71 bits per heavy atom. The van der Waals surface area contributed by atoms with Gasteiger partial charge in [0.2, 0.25) is 5.91 Å². The molecule has 264 valence electrons. The number of carbonyl (C=O) groups excluding carboxylic acids is 3. The normalized spacial score (nSPS) is 24.1. The molecule has 3 aliphatic rings. The Morgan fingerprint density at radius 1 is 0.980 bits per heavy atom. The van der Waals surface area contributed by atoms with Crippen LogP contribution >= 0.6 is 15.9 Å². The Labute approximate surface area is 307 Å². The third-order valence-electron chi connectivity index (χ3n) is 10.8. The highest BCUT2D eigenvalue weighted by Gasteiger charge is 2.66. The van der Waals surface area contributed by atoms with Crippen LogP contribution in [0.2, 0.25) is 18.6 Å². The van der Waals surface area contributed by atoms with Gasteiger partial charge in [-0.1, -0.05) is 77.5 Å². The highest BCUT2D eigenvalue weighted by Crippen LogP contribution is 2.60. The summed E-state index contributed by atoms with van der Waals surface area (Å²) in [4.78, 5) is 57.1. The molecule has 0 bridgehead atoms. The second kappa shape index (κ2) is 13.8. The lowest BCUT2D eigenvalue weighted by molar-refractivity contribution is -0.151. The van der Waals surface area contributed by atoms with Crippen molar-refractivity contribution in [3.05, 3.63) is 129 Å². The van der Waals surface area contributed by atoms with Crippen molar-refractivity contribution in [3.8, 4) is 0 Å². The molecule has 3 heterocycles. The first-order valence-corrected chi connectivity index (χ1v) is 21.2. The average molecular weight is 769 g/mol. The van der Waals surface area contributed by atoms with Crippen LogP contribution in [-0.2, 0) is 39.4 Å². The van der Waals surface area contributed by atoms with E-state index in [4.69, 9.17) is 4.74 Å². The highest BCUT2D eigenvalue weighted by molar-refractivity contribution is 9.10. The molecular weight excluding hydrogens is 726 g/mol. The van der Waals surface area contributed by atoms with E-state index in [-0.39, 0.29) is 43.3 Å². The van der Waals surface area contributed by atoms with Gasteiger partial charge in [-0.05, 0) is 78.7 Å². The van der Waals surface area contributed by atoms with Gasteiger partial charge in [0.25, 0.3) is 11.8 Å². The first-order chi connectivity index (χ1) is 24.4. The molecule has 11 heteroatoms. The van der Waals surface area contributed by atoms with E-state index in [1.807, 2.05) is 105 Å². The summed E-state index contributed by atoms with van der Waals surface area (Å²) in [5, 5.41) is 13.2. The number of benzene rings is 4. The van der Waals surface area contributed by atoms with Crippen LogP contribution in [0.25, 0.3) is 0 Å². The average Bonchev–Trinajstić information content (AvgIpc) is 3.53. The molecule has 4 aromatic carbocycles. The molecule has 0 aromatic heterocycles. The lowest BCUT2D eigenvalue weighted by atomic mass is 9.82. The quantitative estimate of drug-likeness (QED) is 0.179. The number of aliphatic hydroxyl groups excluding tert-OH is 1. The predicted octanol–water partition coefficient (Wildman–Crippen LogP) is 6.38. The number of nitrogens with zero attached hydrogens (tertiary/aromatic N) is 2. The lowest BCUT2D eigenvalue weighted by Gasteiger charge is -2.37. The van der Waals surface area contributed by atoms with Crippen molar-refractivity contribution in [1.29, 1.82) is 0 Å². The van der Waals surface area contributed by atoms with E-state index >= 15 is 0 Å². The summed E-state index contributed by atoms with van der Waals surface area (Å²) >= 11 is 3.61. The van der Waals surface area contributed by atoms with Gasteiger partial charge in [-0.15, -0.1) is 0 Å². The second-order valence-electron chi connectivity index (χ2n) is 14.5. The number of anilines is 2. The molecule has 3 amide bonds. The molecule has 0 radical (unpaired) electrons. The number of aliphatic hydroxyl groups is 1. The minimum atomic E-state index is -3.02. The molecule has 1 fully saturated rings. The first-order valence-electron chi connectivity index (χ1n) is 17.4. The van der Waals surface area contributed by atoms with E-state index < -0.39 is 31.5 Å². The van der Waals surface area contributed by atoms with Crippen molar-refractivity contribution in [3.63, 3.8) is 0 Å². The van der Waals surface area contributed by atoms with Gasteiger partial charge in [-0.2, -0.15) is 0 Å². The van der Waals surface area contributed by atoms with Crippen molar-refractivity contribution < 1.29 is 29.0 Å². The van der Waals surface area contributed by atoms with Crippen LogP contribution in [0.1, 0.15) is 46.0 Å². The topological polar surface area (TPSA) is 119 Å². The number of carbonyl (C=O) groups is 3. The first kappa shape index (κ1) is 35.3. The number of fused-ring (bicyclic) bond motifs is 3. The number of ether oxygens (including phenoxy) is 1. The van der Waals surface area contributed by atoms with Gasteiger partial charge >= 0.3 is 0 Å². The van der Waals surface area contributed by atoms with E-state index in [0.29, 0.717) is 35.5 Å². The van der Waals surface area contributed by atoms with Gasteiger partial charge in [-0.3, -0.25) is 14.4 Å². The minimum Gasteiger partial charge on any atom is -0.432 e. The van der Waals surface area contributed by atoms with E-state index in [1.165, 1.54) is 0 Å². The Bertz CT molecular complexity index is 1990. The van der Waals surface area contributed by atoms with E-state index in [9.17, 15) is 24.3 Å². The Morgan fingerprint density at radius 3 is 2.43 bits per heavy atom. The molecule has 9 nitrogen and oxygen atoms in total. The molecular formula is C40H42BrN3O6Si. The molecule has 0 unspecified atom stereocenters. The van der Waals surface area contributed by atoms with Crippen LogP contribution in [0.3, 0.4) is 0 Å². The van der Waals surface area contributed by atoms with Crippen LogP contribution in [-0.4, -0.2) is 59.6 Å². The van der Waals surface area contributed by atoms with Crippen LogP contribution in [0.5, 0.6) is 0 Å². The predicted molar refractivity (Wildman–Crippen MR) is 202 cm³/mol. The van der Waals surface area contributed by atoms with Gasteiger partial charge in [0.15, 0.2) is 13.9 Å². The second-order valence-corrected chi connectivity index (χ2v) is 19.4. The molecule has 3 N–H and O–H groups in total. The summed E-state index contributed by atoms with van der Waals surface area (Å²) in [7, 11) is -3.02. The molecule has 4 aromatic rings. The molecule has 0 saturated carbocycles. The molecule has 3 aliphatic heterocycles. The zero-order valence-electron chi connectivity index (χ0n) is 28.9. The van der Waals surface area contributed by atoms with Crippen LogP contribution in [0.4, 0.5) is 11.4 Å². The molecule has 7 rings (SSSR count). The van der Waals surface area contributed by atoms with Crippen LogP contribution in [0, 0.1) is 5.92 Å². The number of hydrogen-bond donors (Lipinski definition) is 3. The summed E-state index contributed by atoms with van der Waals surface area (Å²) in [6.07, 6.45) is -0.186. The summed E-state index contributed by atoms with van der Waals surface area (Å²) < 4.78 is 7.73. The van der Waals surface area contributed by atoms with Crippen molar-refractivity contribution >= 4 is 53.3 Å². The van der Waals surface area contributed by atoms with E-state index in [0.717, 1.165) is 21.2 Å². The standard InChI is InChI=1S/C40H42BrN3O6Si/c1-25-37(51(2,3)49)35(21-36(46)43-23-29-14-8-7-13-28(29)19-32(43)24-45)50-40(25)33-20-30(41)16-17-34(33)44(39(40)48)22-26-10-9-15-31(18-26)42-38(47)27-11-5-4-6-12-27/h4-18,20,25,32,35,37,45,49H,19,21-24H2,1-3H3,(H,42,47)/t25-,32+,35+,37-,40+/m1/s1. The van der Waals surface area contributed by atoms with Gasteiger partial charge in [0.05, 0.1) is 37.4 Å². The van der Waals surface area contributed by atoms with Crippen LogP contribution in [0.15, 0.2) is 102 Å². The highest BCUT2D eigenvalue weighted by atomic mass is 79.9. The van der Waals surface area contributed by atoms with Gasteiger partial charge < -0.3 is 29.8 Å². The zero-order chi connectivity index (χ0) is 36.1. The number of halogens is 1. The molecule has 1 saturated heterocycles. The molecule has 51 heavy (non-hydrogen) atoms. The third kappa shape index (κ3) is 6.46. The van der Waals surface area contributed by atoms with Crippen molar-refractivity contribution in [1.82, 2.24) is 4.90 Å². The van der Waals surface area contributed by atoms with Gasteiger partial charge in [0.1, 0.15) is 0 Å². The summed E-state index contributed by atoms with van der Waals surface area (Å²) in [6, 6.07) is 29.7. The Kier molecular flexibility index (Phi) is 9.53. The van der Waals surface area contributed by atoms with Crippen LogP contribution < -0.4 is 10.2 Å². The number of hydrogen-bond acceptors (Lipinski definition) is 6. The summed E-state index contributed by atoms with van der Waals surface area (Å²) in [5.41, 5.74) is 3.67. The number of amides is 3. The van der Waals surface area contributed by atoms with Crippen molar-refractivity contribution in [2.24, 2.45) is 5.92 Å². The molecule has 5 atom stereocenters. The third-order valence-corrected chi connectivity index (χ3v) is 13.8.